The van der Waals surface area contributed by atoms with Gasteiger partial charge in [-0.2, -0.15) is 0 Å². The summed E-state index contributed by atoms with van der Waals surface area (Å²) in [6.07, 6.45) is 0. The molecule has 0 heterocycles. The Balaban J connectivity index is 2.40. The summed E-state index contributed by atoms with van der Waals surface area (Å²) in [5.74, 6) is 1.84. The van der Waals surface area contributed by atoms with Gasteiger partial charge < -0.3 is 9.64 Å². The summed E-state index contributed by atoms with van der Waals surface area (Å²) >= 11 is 0. The van der Waals surface area contributed by atoms with Gasteiger partial charge in [0.25, 0.3) is 0 Å². The Hall–Kier alpha value is -1.96. The maximum Gasteiger partial charge on any atom is 0.150 e. The monoisotopic (exact) mass is 241 g/mol. The van der Waals surface area contributed by atoms with Crippen LogP contribution in [0.15, 0.2) is 42.5 Å². The summed E-state index contributed by atoms with van der Waals surface area (Å²) in [6.45, 7) is 4.14. The highest BCUT2D eigenvalue weighted by molar-refractivity contribution is 5.59. The van der Waals surface area contributed by atoms with Crippen LogP contribution >= 0.6 is 0 Å². The Kier molecular flexibility index (Phi) is 3.56. The molecule has 18 heavy (non-hydrogen) atoms. The molecule has 0 aliphatic carbocycles. The van der Waals surface area contributed by atoms with Crippen molar-refractivity contribution in [3.05, 3.63) is 53.6 Å². The van der Waals surface area contributed by atoms with Crippen molar-refractivity contribution in [1.82, 2.24) is 0 Å². The number of rotatable bonds is 3. The molecule has 0 amide bonds. The van der Waals surface area contributed by atoms with Gasteiger partial charge in [0.1, 0.15) is 5.75 Å². The molecule has 0 saturated carbocycles. The van der Waals surface area contributed by atoms with Gasteiger partial charge in [0, 0.05) is 14.1 Å². The molecule has 2 heteroatoms. The Morgan fingerprint density at radius 2 is 1.44 bits per heavy atom. The normalized spacial score (nSPS) is 10.2. The van der Waals surface area contributed by atoms with Gasteiger partial charge in [-0.05, 0) is 37.1 Å². The van der Waals surface area contributed by atoms with Crippen LogP contribution in [0, 0.1) is 13.8 Å². The van der Waals surface area contributed by atoms with E-state index in [9.17, 15) is 0 Å². The molecule has 0 atom stereocenters. The van der Waals surface area contributed by atoms with Crippen molar-refractivity contribution in [3.63, 3.8) is 0 Å². The molecule has 0 spiro atoms. The molecule has 0 N–H and O–H groups in total. The van der Waals surface area contributed by atoms with Crippen molar-refractivity contribution < 1.29 is 4.74 Å². The molecule has 0 aliphatic rings. The summed E-state index contributed by atoms with van der Waals surface area (Å²) in [5, 5.41) is 0. The molecule has 0 aromatic heterocycles. The number of hydrogen-bond donors (Lipinski definition) is 0. The summed E-state index contributed by atoms with van der Waals surface area (Å²) in [4.78, 5) is 2.06. The number of hydrogen-bond acceptors (Lipinski definition) is 2. The van der Waals surface area contributed by atoms with Crippen LogP contribution in [0.3, 0.4) is 0 Å². The van der Waals surface area contributed by atoms with Crippen molar-refractivity contribution in [2.75, 3.05) is 19.0 Å². The first-order chi connectivity index (χ1) is 8.59. The molecule has 0 aliphatic heterocycles. The third-order valence-electron chi connectivity index (χ3n) is 2.97. The Morgan fingerprint density at radius 1 is 0.833 bits per heavy atom. The minimum absolute atomic E-state index is 0.889. The lowest BCUT2D eigenvalue weighted by Crippen LogP contribution is -2.09. The van der Waals surface area contributed by atoms with E-state index in [0.29, 0.717) is 0 Å². The van der Waals surface area contributed by atoms with Crippen LogP contribution in [0.4, 0.5) is 5.69 Å². The fraction of sp³-hybridized carbons (Fsp3) is 0.250. The molecule has 2 aromatic rings. The van der Waals surface area contributed by atoms with Crippen LogP contribution in [-0.4, -0.2) is 14.1 Å². The molecule has 0 fully saturated rings. The molecule has 2 nitrogen and oxygen atoms in total. The van der Waals surface area contributed by atoms with E-state index < -0.39 is 0 Å². The largest absolute Gasteiger partial charge is 0.455 e. The molecule has 0 radical (unpaired) electrons. The van der Waals surface area contributed by atoms with Gasteiger partial charge in [0.05, 0.1) is 5.69 Å². The van der Waals surface area contributed by atoms with E-state index >= 15 is 0 Å². The second kappa shape index (κ2) is 5.13. The lowest BCUT2D eigenvalue weighted by molar-refractivity contribution is 0.475. The lowest BCUT2D eigenvalue weighted by Gasteiger charge is -2.19. The van der Waals surface area contributed by atoms with E-state index in [-0.39, 0.29) is 0 Å². The predicted octanol–water partition coefficient (Wildman–Crippen LogP) is 4.16. The van der Waals surface area contributed by atoms with Gasteiger partial charge in [0.15, 0.2) is 5.75 Å². The summed E-state index contributed by atoms with van der Waals surface area (Å²) in [7, 11) is 4.04. The summed E-state index contributed by atoms with van der Waals surface area (Å²) in [6, 6.07) is 14.3. The average Bonchev–Trinajstić information content (AvgIpc) is 2.34. The minimum atomic E-state index is 0.889. The summed E-state index contributed by atoms with van der Waals surface area (Å²) in [5.41, 5.74) is 3.40. The Morgan fingerprint density at radius 3 is 2.06 bits per heavy atom. The number of ether oxygens (including phenoxy) is 1. The van der Waals surface area contributed by atoms with Crippen molar-refractivity contribution in [2.45, 2.75) is 13.8 Å². The molecule has 2 rings (SSSR count). The Labute approximate surface area is 109 Å². The highest BCUT2D eigenvalue weighted by Crippen LogP contribution is 2.34. The topological polar surface area (TPSA) is 12.5 Å². The van der Waals surface area contributed by atoms with Crippen molar-refractivity contribution in [3.8, 4) is 11.5 Å². The van der Waals surface area contributed by atoms with E-state index in [1.165, 1.54) is 0 Å². The highest BCUT2D eigenvalue weighted by atomic mass is 16.5. The van der Waals surface area contributed by atoms with Gasteiger partial charge in [-0.1, -0.05) is 30.3 Å². The van der Waals surface area contributed by atoms with E-state index in [1.54, 1.807) is 0 Å². The van der Waals surface area contributed by atoms with E-state index in [0.717, 1.165) is 28.3 Å². The number of anilines is 1. The fourth-order valence-electron chi connectivity index (χ4n) is 1.98. The van der Waals surface area contributed by atoms with E-state index in [4.69, 9.17) is 4.74 Å². The first-order valence-corrected chi connectivity index (χ1v) is 6.10. The van der Waals surface area contributed by atoms with Crippen LogP contribution in [-0.2, 0) is 0 Å². The summed E-state index contributed by atoms with van der Waals surface area (Å²) < 4.78 is 6.09. The first-order valence-electron chi connectivity index (χ1n) is 6.10. The van der Waals surface area contributed by atoms with Crippen LogP contribution < -0.4 is 9.64 Å². The fourth-order valence-corrected chi connectivity index (χ4v) is 1.98. The quantitative estimate of drug-likeness (QED) is 0.800. The van der Waals surface area contributed by atoms with Crippen LogP contribution in [0.1, 0.15) is 11.1 Å². The average molecular weight is 241 g/mol. The van der Waals surface area contributed by atoms with Gasteiger partial charge >= 0.3 is 0 Å². The third-order valence-corrected chi connectivity index (χ3v) is 2.97. The SMILES string of the molecule is Cc1cccc(C)c1Oc1ccccc1N(C)C. The second-order valence-electron chi connectivity index (χ2n) is 4.69. The van der Waals surface area contributed by atoms with Crippen molar-refractivity contribution >= 4 is 5.69 Å². The molecule has 0 unspecified atom stereocenters. The van der Waals surface area contributed by atoms with Crippen LogP contribution in [0.25, 0.3) is 0 Å². The second-order valence-corrected chi connectivity index (χ2v) is 4.69. The van der Waals surface area contributed by atoms with Crippen LogP contribution in [0.5, 0.6) is 11.5 Å². The molecule has 0 bridgehead atoms. The first kappa shape index (κ1) is 12.5. The highest BCUT2D eigenvalue weighted by Gasteiger charge is 2.09. The number of benzene rings is 2. The zero-order valence-corrected chi connectivity index (χ0v) is 11.4. The number of aryl methyl sites for hydroxylation is 2. The van der Waals surface area contributed by atoms with Crippen LogP contribution in [0.2, 0.25) is 0 Å². The molecular weight excluding hydrogens is 222 g/mol. The van der Waals surface area contributed by atoms with Gasteiger partial charge in [-0.15, -0.1) is 0 Å². The molecule has 0 saturated heterocycles. The van der Waals surface area contributed by atoms with Crippen molar-refractivity contribution in [1.29, 1.82) is 0 Å². The lowest BCUT2D eigenvalue weighted by atomic mass is 10.1. The molecular formula is C16H19NO. The predicted molar refractivity (Wildman–Crippen MR) is 76.8 cm³/mol. The number of para-hydroxylation sites is 3. The van der Waals surface area contributed by atoms with Gasteiger partial charge in [-0.25, -0.2) is 0 Å². The standard InChI is InChI=1S/C16H19NO/c1-12-8-7-9-13(2)16(12)18-15-11-6-5-10-14(15)17(3)4/h5-11H,1-4H3. The smallest absolute Gasteiger partial charge is 0.150 e. The maximum absolute atomic E-state index is 6.09. The zero-order chi connectivity index (χ0) is 13.1. The van der Waals surface area contributed by atoms with E-state index in [2.05, 4.69) is 43.0 Å². The third kappa shape index (κ3) is 2.48. The molecule has 2 aromatic carbocycles. The molecule has 94 valence electrons. The van der Waals surface area contributed by atoms with Gasteiger partial charge in [0.2, 0.25) is 0 Å². The maximum atomic E-state index is 6.09. The van der Waals surface area contributed by atoms with E-state index in [1.807, 2.05) is 32.3 Å². The van der Waals surface area contributed by atoms with Crippen molar-refractivity contribution in [2.24, 2.45) is 0 Å². The zero-order valence-electron chi connectivity index (χ0n) is 11.4. The Bertz CT molecular complexity index is 526. The number of nitrogens with zero attached hydrogens (tertiary/aromatic N) is 1. The minimum Gasteiger partial charge on any atom is -0.455 e. The van der Waals surface area contributed by atoms with Gasteiger partial charge in [-0.3, -0.25) is 0 Å².